The maximum Gasteiger partial charge on any atom is 0.354 e. The number of carbonyl (C=O) groups excluding carboxylic acids is 1. The quantitative estimate of drug-likeness (QED) is 0.568. The molecule has 0 atom stereocenters. The number of H-pyrrole nitrogens is 1. The summed E-state index contributed by atoms with van der Waals surface area (Å²) in [6.07, 6.45) is -0.250. The zero-order chi connectivity index (χ0) is 9.30. The Morgan fingerprint density at radius 2 is 2.78 bits per heavy atom. The van der Waals surface area contributed by atoms with E-state index in [1.54, 1.807) is 0 Å². The molecule has 0 fully saturated rings. The van der Waals surface area contributed by atoms with E-state index in [0.717, 1.165) is 0 Å². The van der Waals surface area contributed by atoms with Crippen molar-refractivity contribution in [2.75, 3.05) is 7.11 Å². The lowest BCUT2D eigenvalue weighted by atomic mass is 10.4. The predicted octanol–water partition coefficient (Wildman–Crippen LogP) is 0.801. The molecule has 3 heteroatoms. The summed E-state index contributed by atoms with van der Waals surface area (Å²) >= 11 is 0. The van der Waals surface area contributed by atoms with Gasteiger partial charge in [0, 0.05) is 6.17 Å². The number of ether oxygens (including phenoxy) is 1. The molecule has 3 nitrogen and oxygen atoms in total. The van der Waals surface area contributed by atoms with Crippen LogP contribution >= 0.6 is 0 Å². The van der Waals surface area contributed by atoms with Crippen molar-refractivity contribution in [2.24, 2.45) is 0 Å². The largest absolute Gasteiger partial charge is 0.464 e. The standard InChI is InChI=1S/C6H7NO2/c1-9-6(8)5-3-2-4-7-5/h2-4,7H,1H3/i2D,3D,4D. The number of aromatic nitrogens is 1. The molecule has 1 aromatic heterocycles. The van der Waals surface area contributed by atoms with E-state index in [-0.39, 0.29) is 24.0 Å². The van der Waals surface area contributed by atoms with E-state index in [2.05, 4.69) is 9.72 Å². The van der Waals surface area contributed by atoms with Crippen LogP contribution in [0.5, 0.6) is 0 Å². The van der Waals surface area contributed by atoms with E-state index in [4.69, 9.17) is 4.11 Å². The van der Waals surface area contributed by atoms with Crippen LogP contribution in [0.15, 0.2) is 18.3 Å². The molecule has 0 saturated heterocycles. The van der Waals surface area contributed by atoms with E-state index < -0.39 is 5.97 Å². The highest BCUT2D eigenvalue weighted by Crippen LogP contribution is 1.94. The van der Waals surface area contributed by atoms with Crippen LogP contribution in [0.4, 0.5) is 0 Å². The van der Waals surface area contributed by atoms with E-state index in [1.165, 1.54) is 7.11 Å². The van der Waals surface area contributed by atoms with Crippen molar-refractivity contribution in [3.05, 3.63) is 24.0 Å². The lowest BCUT2D eigenvalue weighted by molar-refractivity contribution is 0.0595. The molecule has 0 radical (unpaired) electrons. The molecule has 48 valence electrons. The SMILES string of the molecule is [2H]c1[nH]c(C(=O)OC)c([2H])c1[2H]. The summed E-state index contributed by atoms with van der Waals surface area (Å²) < 4.78 is 25.7. The first-order valence-corrected chi connectivity index (χ1v) is 2.32. The van der Waals surface area contributed by atoms with Gasteiger partial charge in [-0.2, -0.15) is 0 Å². The third-order valence-corrected chi connectivity index (χ3v) is 0.827. The lowest BCUT2D eigenvalue weighted by Gasteiger charge is -1.91. The minimum Gasteiger partial charge on any atom is -0.464 e. The molecule has 1 rings (SSSR count). The monoisotopic (exact) mass is 128 g/mol. The molecule has 0 aliphatic rings. The Balaban J connectivity index is 3.17. The second kappa shape index (κ2) is 2.35. The number of esters is 1. The van der Waals surface area contributed by atoms with Crippen LogP contribution in [0.25, 0.3) is 0 Å². The van der Waals surface area contributed by atoms with Gasteiger partial charge in [0.1, 0.15) is 5.69 Å². The van der Waals surface area contributed by atoms with Gasteiger partial charge >= 0.3 is 5.97 Å². The van der Waals surface area contributed by atoms with Gasteiger partial charge in [-0.1, -0.05) is 0 Å². The molecule has 1 heterocycles. The van der Waals surface area contributed by atoms with Gasteiger partial charge in [0.05, 0.1) is 11.2 Å². The fourth-order valence-corrected chi connectivity index (χ4v) is 0.423. The highest BCUT2D eigenvalue weighted by atomic mass is 16.5. The molecule has 1 aromatic rings. The minimum atomic E-state index is -0.730. The van der Waals surface area contributed by atoms with E-state index in [0.29, 0.717) is 0 Å². The van der Waals surface area contributed by atoms with Gasteiger partial charge in [0.25, 0.3) is 0 Å². The van der Waals surface area contributed by atoms with E-state index in [1.807, 2.05) is 0 Å². The Labute approximate surface area is 56.9 Å². The van der Waals surface area contributed by atoms with Crippen LogP contribution in [-0.4, -0.2) is 18.1 Å². The Kier molecular flexibility index (Phi) is 0.797. The normalized spacial score (nSPS) is 13.7. The highest BCUT2D eigenvalue weighted by molar-refractivity contribution is 5.87. The molecule has 0 aliphatic carbocycles. The van der Waals surface area contributed by atoms with Crippen molar-refractivity contribution in [3.8, 4) is 0 Å². The van der Waals surface area contributed by atoms with Crippen LogP contribution in [0, 0.1) is 0 Å². The summed E-state index contributed by atoms with van der Waals surface area (Å²) in [7, 11) is 1.18. The lowest BCUT2D eigenvalue weighted by Crippen LogP contribution is -2.00. The molecule has 1 N–H and O–H groups in total. The number of hydrogen-bond acceptors (Lipinski definition) is 2. The van der Waals surface area contributed by atoms with Crippen molar-refractivity contribution in [1.29, 1.82) is 0 Å². The van der Waals surface area contributed by atoms with Gasteiger partial charge in [-0.3, -0.25) is 0 Å². The molecule has 0 bridgehead atoms. The van der Waals surface area contributed by atoms with Gasteiger partial charge in [-0.05, 0) is 12.1 Å². The smallest absolute Gasteiger partial charge is 0.354 e. The number of methoxy groups -OCH3 is 1. The molecule has 0 unspecified atom stereocenters. The number of aromatic amines is 1. The second-order valence-corrected chi connectivity index (χ2v) is 1.37. The molecular formula is C6H7NO2. The first kappa shape index (κ1) is 3.06. The first-order chi connectivity index (χ1) is 5.57. The Morgan fingerprint density at radius 3 is 3.22 bits per heavy atom. The number of carbonyl (C=O) groups is 1. The summed E-state index contributed by atoms with van der Waals surface area (Å²) in [6, 6.07) is -0.595. The molecule has 0 amide bonds. The van der Waals surface area contributed by atoms with E-state index >= 15 is 0 Å². The average molecular weight is 128 g/mol. The molecule has 0 aliphatic heterocycles. The zero-order valence-electron chi connectivity index (χ0n) is 7.82. The number of hydrogen-bond donors (Lipinski definition) is 1. The molecular weight excluding hydrogens is 118 g/mol. The maximum atomic E-state index is 10.9. The van der Waals surface area contributed by atoms with Gasteiger partial charge in [-0.25, -0.2) is 4.79 Å². The predicted molar refractivity (Wildman–Crippen MR) is 32.1 cm³/mol. The summed E-state index contributed by atoms with van der Waals surface area (Å²) in [6.45, 7) is 0. The minimum absolute atomic E-state index is 0.146. The first-order valence-electron chi connectivity index (χ1n) is 3.82. The van der Waals surface area contributed by atoms with Gasteiger partial charge in [0.2, 0.25) is 0 Å². The van der Waals surface area contributed by atoms with Gasteiger partial charge in [0.15, 0.2) is 0 Å². The highest BCUT2D eigenvalue weighted by Gasteiger charge is 2.02. The maximum absolute atomic E-state index is 10.9. The van der Waals surface area contributed by atoms with Crippen LogP contribution in [0.1, 0.15) is 14.6 Å². The summed E-state index contributed by atoms with van der Waals surface area (Å²) in [5.74, 6) is -0.730. The third kappa shape index (κ3) is 1.10. The van der Waals surface area contributed by atoms with Crippen molar-refractivity contribution < 1.29 is 13.6 Å². The van der Waals surface area contributed by atoms with Gasteiger partial charge in [-0.15, -0.1) is 0 Å². The molecule has 0 spiro atoms. The zero-order valence-corrected chi connectivity index (χ0v) is 4.82. The Hall–Kier alpha value is -1.25. The van der Waals surface area contributed by atoms with Crippen LogP contribution in [0.2, 0.25) is 0 Å². The summed E-state index contributed by atoms with van der Waals surface area (Å²) in [5.41, 5.74) is -0.146. The second-order valence-electron chi connectivity index (χ2n) is 1.37. The van der Waals surface area contributed by atoms with Crippen molar-refractivity contribution in [2.45, 2.75) is 0 Å². The van der Waals surface area contributed by atoms with Crippen molar-refractivity contribution >= 4 is 5.97 Å². The average Bonchev–Trinajstić information content (AvgIpc) is 2.32. The van der Waals surface area contributed by atoms with Crippen LogP contribution in [0.3, 0.4) is 0 Å². The van der Waals surface area contributed by atoms with E-state index in [9.17, 15) is 4.79 Å². The van der Waals surface area contributed by atoms with Crippen molar-refractivity contribution in [1.82, 2.24) is 4.98 Å². The number of nitrogens with one attached hydrogen (secondary N) is 1. The third-order valence-electron chi connectivity index (χ3n) is 0.827. The molecule has 9 heavy (non-hydrogen) atoms. The number of rotatable bonds is 1. The topological polar surface area (TPSA) is 42.1 Å². The van der Waals surface area contributed by atoms with Crippen molar-refractivity contribution in [3.63, 3.8) is 0 Å². The fourth-order valence-electron chi connectivity index (χ4n) is 0.423. The molecule has 0 aromatic carbocycles. The summed E-state index contributed by atoms with van der Waals surface area (Å²) in [5, 5.41) is 0. The summed E-state index contributed by atoms with van der Waals surface area (Å²) in [4.78, 5) is 13.1. The van der Waals surface area contributed by atoms with Crippen LogP contribution < -0.4 is 0 Å². The molecule has 0 saturated carbocycles. The van der Waals surface area contributed by atoms with Gasteiger partial charge < -0.3 is 9.72 Å². The fraction of sp³-hybridized carbons (Fsp3) is 0.167. The Morgan fingerprint density at radius 1 is 2.00 bits per heavy atom. The van der Waals surface area contributed by atoms with Crippen LogP contribution in [-0.2, 0) is 4.74 Å². The Bertz CT molecular complexity index is 321.